The summed E-state index contributed by atoms with van der Waals surface area (Å²) >= 11 is 0. The van der Waals surface area contributed by atoms with Crippen LogP contribution >= 0.6 is 0 Å². The van der Waals surface area contributed by atoms with Crippen LogP contribution in [0.2, 0.25) is 0 Å². The van der Waals surface area contributed by atoms with Gasteiger partial charge in [-0.15, -0.1) is 0 Å². The number of hydrogen-bond acceptors (Lipinski definition) is 3. The van der Waals surface area contributed by atoms with Crippen LogP contribution in [-0.2, 0) is 11.2 Å². The maximum atomic E-state index is 6.59. The zero-order chi connectivity index (χ0) is 28.6. The van der Waals surface area contributed by atoms with Crippen molar-refractivity contribution >= 4 is 0 Å². The number of fused-ring (bicyclic) bond motifs is 1. The summed E-state index contributed by atoms with van der Waals surface area (Å²) in [5.74, 6) is 4.56. The van der Waals surface area contributed by atoms with Crippen molar-refractivity contribution in [3.63, 3.8) is 0 Å². The molecule has 2 aliphatic rings. The molecule has 220 valence electrons. The van der Waals surface area contributed by atoms with Crippen molar-refractivity contribution in [2.24, 2.45) is 11.8 Å². The first-order chi connectivity index (χ1) is 20.0. The van der Waals surface area contributed by atoms with Crippen LogP contribution in [0.3, 0.4) is 0 Å². The van der Waals surface area contributed by atoms with Gasteiger partial charge in [0.15, 0.2) is 0 Å². The molecule has 0 heterocycles. The lowest BCUT2D eigenvalue weighted by Gasteiger charge is -2.27. The van der Waals surface area contributed by atoms with Crippen LogP contribution in [0, 0.1) is 11.8 Å². The van der Waals surface area contributed by atoms with Gasteiger partial charge in [0.25, 0.3) is 0 Å². The molecule has 3 unspecified atom stereocenters. The first-order valence-corrected chi connectivity index (χ1v) is 16.2. The van der Waals surface area contributed by atoms with Crippen LogP contribution in [0.15, 0.2) is 72.8 Å². The SMILES string of the molecule is CC(C)CC(c1ccc(OC(OCCOc2ccc(C3CCCCC3)cc2)C2CCc3ccccc32)cc1)C(C)C. The van der Waals surface area contributed by atoms with E-state index >= 15 is 0 Å². The molecule has 0 bridgehead atoms. The van der Waals surface area contributed by atoms with E-state index in [0.29, 0.717) is 36.9 Å². The van der Waals surface area contributed by atoms with E-state index in [1.54, 1.807) is 0 Å². The average Bonchev–Trinajstić information content (AvgIpc) is 3.43. The normalized spacial score (nSPS) is 18.8. The molecular formula is C38H50O3. The Hall–Kier alpha value is -2.78. The van der Waals surface area contributed by atoms with E-state index in [1.807, 2.05) is 0 Å². The summed E-state index contributed by atoms with van der Waals surface area (Å²) in [6.45, 7) is 10.3. The summed E-state index contributed by atoms with van der Waals surface area (Å²) in [5, 5.41) is 0. The van der Waals surface area contributed by atoms with E-state index in [4.69, 9.17) is 14.2 Å². The van der Waals surface area contributed by atoms with Crippen molar-refractivity contribution in [3.8, 4) is 11.5 Å². The maximum Gasteiger partial charge on any atom is 0.206 e. The lowest BCUT2D eigenvalue weighted by molar-refractivity contribution is -0.102. The number of aryl methyl sites for hydroxylation is 1. The van der Waals surface area contributed by atoms with Gasteiger partial charge in [-0.05, 0) is 102 Å². The molecule has 0 amide bonds. The minimum atomic E-state index is -0.349. The lowest BCUT2D eigenvalue weighted by atomic mass is 9.82. The van der Waals surface area contributed by atoms with Gasteiger partial charge in [-0.2, -0.15) is 0 Å². The van der Waals surface area contributed by atoms with E-state index in [2.05, 4.69) is 100 Å². The third-order valence-electron chi connectivity index (χ3n) is 9.19. The van der Waals surface area contributed by atoms with E-state index in [0.717, 1.165) is 24.3 Å². The highest BCUT2D eigenvalue weighted by atomic mass is 16.7. The van der Waals surface area contributed by atoms with Gasteiger partial charge in [0.05, 0.1) is 6.61 Å². The molecule has 0 radical (unpaired) electrons. The smallest absolute Gasteiger partial charge is 0.206 e. The lowest BCUT2D eigenvalue weighted by Crippen LogP contribution is -2.29. The van der Waals surface area contributed by atoms with Crippen LogP contribution < -0.4 is 9.47 Å². The highest BCUT2D eigenvalue weighted by Gasteiger charge is 2.32. The number of hydrogen-bond donors (Lipinski definition) is 0. The van der Waals surface area contributed by atoms with Crippen molar-refractivity contribution < 1.29 is 14.2 Å². The van der Waals surface area contributed by atoms with Crippen LogP contribution in [0.4, 0.5) is 0 Å². The van der Waals surface area contributed by atoms with Gasteiger partial charge in [-0.1, -0.05) is 95.5 Å². The Morgan fingerprint density at radius 1 is 0.732 bits per heavy atom. The Bertz CT molecular complexity index is 1190. The molecule has 41 heavy (non-hydrogen) atoms. The first-order valence-electron chi connectivity index (χ1n) is 16.2. The Morgan fingerprint density at radius 3 is 2.15 bits per heavy atom. The van der Waals surface area contributed by atoms with Crippen LogP contribution in [0.5, 0.6) is 11.5 Å². The van der Waals surface area contributed by atoms with Gasteiger partial charge >= 0.3 is 0 Å². The minimum Gasteiger partial charge on any atom is -0.491 e. The molecule has 0 saturated heterocycles. The molecule has 3 heteroatoms. The molecule has 3 aromatic rings. The number of ether oxygens (including phenoxy) is 3. The summed E-state index contributed by atoms with van der Waals surface area (Å²) in [5.41, 5.74) is 5.61. The minimum absolute atomic E-state index is 0.213. The second-order valence-corrected chi connectivity index (χ2v) is 13.0. The quantitative estimate of drug-likeness (QED) is 0.155. The molecule has 3 nitrogen and oxygen atoms in total. The maximum absolute atomic E-state index is 6.59. The van der Waals surface area contributed by atoms with E-state index < -0.39 is 0 Å². The van der Waals surface area contributed by atoms with Gasteiger partial charge in [0.1, 0.15) is 18.1 Å². The second-order valence-electron chi connectivity index (χ2n) is 13.0. The summed E-state index contributed by atoms with van der Waals surface area (Å²) in [4.78, 5) is 0. The van der Waals surface area contributed by atoms with Crippen LogP contribution in [0.1, 0.15) is 113 Å². The third-order valence-corrected chi connectivity index (χ3v) is 9.19. The molecule has 0 N–H and O–H groups in total. The predicted molar refractivity (Wildman–Crippen MR) is 169 cm³/mol. The summed E-state index contributed by atoms with van der Waals surface area (Å²) < 4.78 is 19.1. The third kappa shape index (κ3) is 7.95. The Labute approximate surface area is 248 Å². The topological polar surface area (TPSA) is 27.7 Å². The zero-order valence-electron chi connectivity index (χ0n) is 25.7. The summed E-state index contributed by atoms with van der Waals surface area (Å²) in [6.07, 6.45) is 9.69. The van der Waals surface area contributed by atoms with Crippen molar-refractivity contribution in [2.45, 2.75) is 103 Å². The average molecular weight is 555 g/mol. The molecule has 0 spiro atoms. The molecule has 5 rings (SSSR count). The Balaban J connectivity index is 1.21. The monoisotopic (exact) mass is 554 g/mol. The molecular weight excluding hydrogens is 504 g/mol. The van der Waals surface area contributed by atoms with Crippen molar-refractivity contribution in [1.29, 1.82) is 0 Å². The van der Waals surface area contributed by atoms with Crippen molar-refractivity contribution in [1.82, 2.24) is 0 Å². The Morgan fingerprint density at radius 2 is 1.44 bits per heavy atom. The Kier molecular flexibility index (Phi) is 10.4. The van der Waals surface area contributed by atoms with Crippen molar-refractivity contribution in [2.75, 3.05) is 13.2 Å². The van der Waals surface area contributed by atoms with Gasteiger partial charge < -0.3 is 14.2 Å². The number of benzene rings is 3. The van der Waals surface area contributed by atoms with Gasteiger partial charge in [-0.25, -0.2) is 0 Å². The van der Waals surface area contributed by atoms with Crippen LogP contribution in [-0.4, -0.2) is 19.5 Å². The molecule has 0 aromatic heterocycles. The van der Waals surface area contributed by atoms with Crippen molar-refractivity contribution in [3.05, 3.63) is 95.1 Å². The molecule has 0 aliphatic heterocycles. The highest BCUT2D eigenvalue weighted by Crippen LogP contribution is 2.38. The predicted octanol–water partition coefficient (Wildman–Crippen LogP) is 10.1. The van der Waals surface area contributed by atoms with Gasteiger partial charge in [0.2, 0.25) is 6.29 Å². The molecule has 3 atom stereocenters. The summed E-state index contributed by atoms with van der Waals surface area (Å²) in [6, 6.07) is 26.2. The van der Waals surface area contributed by atoms with E-state index in [-0.39, 0.29) is 12.2 Å². The zero-order valence-corrected chi connectivity index (χ0v) is 25.7. The molecule has 2 aliphatic carbocycles. The van der Waals surface area contributed by atoms with Gasteiger partial charge in [0, 0.05) is 5.92 Å². The fourth-order valence-electron chi connectivity index (χ4n) is 6.93. The molecule has 3 aromatic carbocycles. The van der Waals surface area contributed by atoms with E-state index in [1.165, 1.54) is 60.8 Å². The van der Waals surface area contributed by atoms with Gasteiger partial charge in [-0.3, -0.25) is 0 Å². The summed E-state index contributed by atoms with van der Waals surface area (Å²) in [7, 11) is 0. The first kappa shape index (κ1) is 29.7. The largest absolute Gasteiger partial charge is 0.491 e. The number of rotatable bonds is 13. The van der Waals surface area contributed by atoms with E-state index in [9.17, 15) is 0 Å². The van der Waals surface area contributed by atoms with Crippen LogP contribution in [0.25, 0.3) is 0 Å². The fraction of sp³-hybridized carbons (Fsp3) is 0.526. The molecule has 1 fully saturated rings. The fourth-order valence-corrected chi connectivity index (χ4v) is 6.93. The highest BCUT2D eigenvalue weighted by molar-refractivity contribution is 5.36. The second kappa shape index (κ2) is 14.4. The standard InChI is InChI=1S/C38H50O3/c1-27(2)26-37(28(3)4)32-16-21-34(22-17-32)41-38(36-23-18-31-12-8-9-13-35(31)36)40-25-24-39-33-19-14-30(15-20-33)29-10-6-5-7-11-29/h8-9,12-17,19-22,27-29,36-38H,5-7,10-11,18,23-26H2,1-4H3. The molecule has 1 saturated carbocycles.